The highest BCUT2D eigenvalue weighted by Gasteiger charge is 2.33. The monoisotopic (exact) mass is 515 g/mol. The van der Waals surface area contributed by atoms with Crippen LogP contribution >= 0.6 is 0 Å². The number of allylic oxidation sites excluding steroid dienone is 1. The Balaban J connectivity index is 1.70. The highest BCUT2D eigenvalue weighted by Crippen LogP contribution is 2.38. The molecule has 9 nitrogen and oxygen atoms in total. The van der Waals surface area contributed by atoms with Gasteiger partial charge in [0.25, 0.3) is 6.43 Å². The van der Waals surface area contributed by atoms with E-state index in [-0.39, 0.29) is 30.0 Å². The minimum Gasteiger partial charge on any atom is -0.404 e. The fourth-order valence-electron chi connectivity index (χ4n) is 5.18. The van der Waals surface area contributed by atoms with E-state index in [0.29, 0.717) is 61.5 Å². The van der Waals surface area contributed by atoms with Gasteiger partial charge in [-0.1, -0.05) is 0 Å². The van der Waals surface area contributed by atoms with Crippen LogP contribution in [-0.2, 0) is 11.2 Å². The van der Waals surface area contributed by atoms with Crippen molar-refractivity contribution in [2.45, 2.75) is 38.2 Å². The predicted molar refractivity (Wildman–Crippen MR) is 141 cm³/mol. The molecule has 3 aliphatic heterocycles. The summed E-state index contributed by atoms with van der Waals surface area (Å²) in [5, 5.41) is 15.4. The molecule has 0 saturated carbocycles. The average Bonchev–Trinajstić information content (AvgIpc) is 3.34. The van der Waals surface area contributed by atoms with E-state index in [0.717, 1.165) is 24.1 Å². The maximum atomic E-state index is 14.2. The molecule has 0 radical (unpaired) electrons. The minimum absolute atomic E-state index is 0.153. The zero-order valence-electron chi connectivity index (χ0n) is 21.3. The number of amides is 2. The van der Waals surface area contributed by atoms with E-state index in [1.807, 2.05) is 0 Å². The van der Waals surface area contributed by atoms with E-state index in [1.165, 1.54) is 18.5 Å². The molecule has 1 aromatic carbocycles. The Morgan fingerprint density at radius 1 is 1.27 bits per heavy atom. The number of halogens is 2. The zero-order chi connectivity index (χ0) is 26.5. The van der Waals surface area contributed by atoms with Gasteiger partial charge in [-0.05, 0) is 42.5 Å². The Morgan fingerprint density at radius 3 is 2.68 bits per heavy atom. The summed E-state index contributed by atoms with van der Waals surface area (Å²) in [6, 6.07) is 3.23. The summed E-state index contributed by atoms with van der Waals surface area (Å²) < 4.78 is 33.8. The minimum atomic E-state index is -2.72. The molecule has 0 aromatic heterocycles. The van der Waals surface area contributed by atoms with Crippen molar-refractivity contribution in [3.05, 3.63) is 46.3 Å². The van der Waals surface area contributed by atoms with Gasteiger partial charge in [-0.2, -0.15) is 0 Å². The number of urea groups is 1. The van der Waals surface area contributed by atoms with Crippen LogP contribution in [0.1, 0.15) is 42.4 Å². The predicted octanol–water partition coefficient (Wildman–Crippen LogP) is 3.03. The Labute approximate surface area is 215 Å². The van der Waals surface area contributed by atoms with Crippen LogP contribution in [-0.4, -0.2) is 76.0 Å². The van der Waals surface area contributed by atoms with Gasteiger partial charge in [-0.15, -0.1) is 0 Å². The number of rotatable bonds is 6. The van der Waals surface area contributed by atoms with Gasteiger partial charge in [-0.3, -0.25) is 10.4 Å². The average molecular weight is 516 g/mol. The Morgan fingerprint density at radius 2 is 2.03 bits per heavy atom. The lowest BCUT2D eigenvalue weighted by Gasteiger charge is -2.36. The molecule has 0 spiro atoms. The van der Waals surface area contributed by atoms with Crippen molar-refractivity contribution in [2.75, 3.05) is 51.8 Å². The second-order valence-electron chi connectivity index (χ2n) is 9.34. The third-order valence-corrected chi connectivity index (χ3v) is 7.14. The van der Waals surface area contributed by atoms with Gasteiger partial charge in [-0.25, -0.2) is 13.6 Å². The van der Waals surface area contributed by atoms with E-state index in [1.54, 1.807) is 30.0 Å². The molecule has 0 atom stereocenters. The number of ether oxygens (including phenoxy) is 1. The summed E-state index contributed by atoms with van der Waals surface area (Å²) in [4.78, 5) is 19.8. The molecule has 4 rings (SSSR count). The maximum absolute atomic E-state index is 14.2. The number of anilines is 1. The number of carbonyl (C=O) groups is 1. The first kappa shape index (κ1) is 26.6. The molecule has 0 unspecified atom stereocenters. The highest BCUT2D eigenvalue weighted by atomic mass is 19.3. The summed E-state index contributed by atoms with van der Waals surface area (Å²) in [5.41, 5.74) is 9.43. The largest absolute Gasteiger partial charge is 0.404 e. The number of hydrogen-bond donors (Lipinski definition) is 4. The van der Waals surface area contributed by atoms with E-state index in [9.17, 15) is 19.0 Å². The quantitative estimate of drug-likeness (QED) is 0.343. The van der Waals surface area contributed by atoms with Gasteiger partial charge in [0, 0.05) is 93.4 Å². The number of nitrogens with zero attached hydrogens (tertiary/aromatic N) is 3. The third-order valence-electron chi connectivity index (χ3n) is 7.14. The second kappa shape index (κ2) is 11.7. The number of nitrogens with two attached hydrogens (primary N) is 1. The Bertz CT molecular complexity index is 1130. The molecule has 1 saturated heterocycles. The van der Waals surface area contributed by atoms with Crippen LogP contribution in [0.15, 0.2) is 34.6 Å². The van der Waals surface area contributed by atoms with Gasteiger partial charge >= 0.3 is 6.03 Å². The first-order valence-corrected chi connectivity index (χ1v) is 12.6. The van der Waals surface area contributed by atoms with E-state index >= 15 is 0 Å². The lowest BCUT2D eigenvalue weighted by atomic mass is 9.96. The third kappa shape index (κ3) is 5.61. The number of nitrogens with one attached hydrogen (secondary N) is 3. The van der Waals surface area contributed by atoms with Crippen LogP contribution in [0.4, 0.5) is 19.3 Å². The van der Waals surface area contributed by atoms with Crippen LogP contribution in [0, 0.1) is 5.41 Å². The molecule has 1 fully saturated rings. The summed E-state index contributed by atoms with van der Waals surface area (Å²) in [7, 11) is 3.15. The number of carbonyl (C=O) groups excluding carboxylic acids is 1. The van der Waals surface area contributed by atoms with Crippen molar-refractivity contribution >= 4 is 29.3 Å². The molecule has 3 aliphatic rings. The number of aliphatic imine (C=N–C) groups is 1. The van der Waals surface area contributed by atoms with E-state index < -0.39 is 6.43 Å². The SMILES string of the molecule is CN=CC(=CN)c1cc2c(cc1C(F)F)N(C(=N)C1=C(NC3CCOCC3)CCN(C(=O)NC)C1)CC2. The molecular formula is C26H35F2N7O2. The van der Waals surface area contributed by atoms with Crippen molar-refractivity contribution in [3.8, 4) is 0 Å². The molecule has 200 valence electrons. The fourth-order valence-corrected chi connectivity index (χ4v) is 5.18. The smallest absolute Gasteiger partial charge is 0.317 e. The van der Waals surface area contributed by atoms with E-state index in [2.05, 4.69) is 15.6 Å². The number of hydrogen-bond acceptors (Lipinski definition) is 6. The van der Waals surface area contributed by atoms with Gasteiger partial charge in [0.1, 0.15) is 5.84 Å². The number of amidine groups is 1. The van der Waals surface area contributed by atoms with Crippen LogP contribution in [0.25, 0.3) is 5.57 Å². The van der Waals surface area contributed by atoms with Crippen LogP contribution < -0.4 is 21.3 Å². The van der Waals surface area contributed by atoms with Crippen molar-refractivity contribution in [2.24, 2.45) is 10.7 Å². The molecule has 0 aliphatic carbocycles. The fraction of sp³-hybridized carbons (Fsp3) is 0.500. The zero-order valence-corrected chi connectivity index (χ0v) is 21.3. The van der Waals surface area contributed by atoms with Gasteiger partial charge in [0.2, 0.25) is 0 Å². The summed E-state index contributed by atoms with van der Waals surface area (Å²) in [5.74, 6) is 0.222. The normalized spacial score (nSPS) is 19.1. The van der Waals surface area contributed by atoms with Crippen molar-refractivity contribution < 1.29 is 18.3 Å². The van der Waals surface area contributed by atoms with Crippen molar-refractivity contribution in [1.29, 1.82) is 5.41 Å². The molecule has 5 N–H and O–H groups in total. The molecule has 3 heterocycles. The summed E-state index contributed by atoms with van der Waals surface area (Å²) in [6.07, 6.45) is 2.96. The first-order chi connectivity index (χ1) is 17.9. The summed E-state index contributed by atoms with van der Waals surface area (Å²) in [6.45, 7) is 2.65. The van der Waals surface area contributed by atoms with Gasteiger partial charge < -0.3 is 30.9 Å². The number of benzene rings is 1. The molecular weight excluding hydrogens is 480 g/mol. The number of alkyl halides is 2. The van der Waals surface area contributed by atoms with E-state index in [4.69, 9.17) is 10.5 Å². The summed E-state index contributed by atoms with van der Waals surface area (Å²) >= 11 is 0. The molecule has 0 bridgehead atoms. The standard InChI is InChI=1S/C26H35F2N7O2/c1-31-14-17(13-29)19-11-16-3-8-35(23(16)12-20(19)24(27)28)25(30)21-15-34(26(36)32-2)7-4-22(21)33-18-5-9-37-10-6-18/h11-14,18,24,30,33H,3-10,15,29H2,1-2H3,(H,32,36). The molecule has 11 heteroatoms. The van der Waals surface area contributed by atoms with Crippen LogP contribution in [0.2, 0.25) is 0 Å². The molecule has 1 aromatic rings. The topological polar surface area (TPSA) is 119 Å². The van der Waals surface area contributed by atoms with Crippen LogP contribution in [0.3, 0.4) is 0 Å². The lowest BCUT2D eigenvalue weighted by Crippen LogP contribution is -2.48. The number of fused-ring (bicyclic) bond motifs is 1. The van der Waals surface area contributed by atoms with Crippen molar-refractivity contribution in [1.82, 2.24) is 15.5 Å². The molecule has 37 heavy (non-hydrogen) atoms. The second-order valence-corrected chi connectivity index (χ2v) is 9.34. The Kier molecular flexibility index (Phi) is 8.42. The lowest BCUT2D eigenvalue weighted by molar-refractivity contribution is 0.0798. The molecule has 2 amide bonds. The Hall–Kier alpha value is -3.47. The first-order valence-electron chi connectivity index (χ1n) is 12.6. The van der Waals surface area contributed by atoms with Gasteiger partial charge in [0.15, 0.2) is 0 Å². The maximum Gasteiger partial charge on any atom is 0.317 e. The highest BCUT2D eigenvalue weighted by molar-refractivity contribution is 6.12. The van der Waals surface area contributed by atoms with Crippen molar-refractivity contribution in [3.63, 3.8) is 0 Å². The van der Waals surface area contributed by atoms with Crippen LogP contribution in [0.5, 0.6) is 0 Å². The van der Waals surface area contributed by atoms with Gasteiger partial charge in [0.05, 0.1) is 6.54 Å².